The second-order valence-electron chi connectivity index (χ2n) is 1.82. The Hall–Kier alpha value is -0.100. The highest BCUT2D eigenvalue weighted by Crippen LogP contribution is 2.19. The van der Waals surface area contributed by atoms with Crippen LogP contribution >= 0.6 is 33.9 Å². The molecule has 0 aliphatic carbocycles. The molecule has 1 aromatic rings. The first-order chi connectivity index (χ1) is 5.25. The largest absolute Gasteiger partial charge is 0.462 e. The molecule has 4 heteroatoms. The maximum atomic E-state index is 11.1. The van der Waals surface area contributed by atoms with Gasteiger partial charge in [0.25, 0.3) is 0 Å². The third-order valence-corrected chi connectivity index (χ3v) is 3.24. The number of rotatable bonds is 2. The third kappa shape index (κ3) is 2.16. The number of halogens is 1. The Kier molecular flexibility index (Phi) is 3.32. The molecule has 0 bridgehead atoms. The van der Waals surface area contributed by atoms with Crippen LogP contribution in [0, 0.1) is 3.57 Å². The molecule has 11 heavy (non-hydrogen) atoms. The lowest BCUT2D eigenvalue weighted by Gasteiger charge is -1.97. The monoisotopic (exact) mass is 282 g/mol. The summed E-state index contributed by atoms with van der Waals surface area (Å²) >= 11 is 3.54. The number of hydrogen-bond donors (Lipinski definition) is 0. The molecule has 60 valence electrons. The highest BCUT2D eigenvalue weighted by atomic mass is 127. The van der Waals surface area contributed by atoms with E-state index in [0.29, 0.717) is 11.5 Å². The zero-order chi connectivity index (χ0) is 8.27. The number of carbonyl (C=O) groups excluding carboxylic acids is 1. The van der Waals surface area contributed by atoms with Gasteiger partial charge in [-0.3, -0.25) is 0 Å². The van der Waals surface area contributed by atoms with Crippen LogP contribution in [0.5, 0.6) is 0 Å². The van der Waals surface area contributed by atoms with Crippen molar-refractivity contribution in [2.45, 2.75) is 6.92 Å². The third-order valence-electron chi connectivity index (χ3n) is 1.08. The molecule has 1 heterocycles. The van der Waals surface area contributed by atoms with Gasteiger partial charge in [-0.2, -0.15) is 0 Å². The molecule has 0 atom stereocenters. The van der Waals surface area contributed by atoms with Crippen LogP contribution in [-0.2, 0) is 4.74 Å². The van der Waals surface area contributed by atoms with Gasteiger partial charge in [-0.1, -0.05) is 0 Å². The van der Waals surface area contributed by atoms with Crippen molar-refractivity contribution < 1.29 is 9.53 Å². The van der Waals surface area contributed by atoms with E-state index in [1.54, 1.807) is 6.92 Å². The summed E-state index contributed by atoms with van der Waals surface area (Å²) in [6, 6.07) is 1.90. The fraction of sp³-hybridized carbons (Fsp3) is 0.286. The van der Waals surface area contributed by atoms with E-state index >= 15 is 0 Å². The van der Waals surface area contributed by atoms with Gasteiger partial charge in [-0.15, -0.1) is 11.3 Å². The summed E-state index contributed by atoms with van der Waals surface area (Å²) in [5, 5.41) is 1.88. The van der Waals surface area contributed by atoms with E-state index in [-0.39, 0.29) is 5.97 Å². The SMILES string of the molecule is CCOC(=O)c1sccc1I. The van der Waals surface area contributed by atoms with Gasteiger partial charge in [0.2, 0.25) is 0 Å². The zero-order valence-electron chi connectivity index (χ0n) is 5.96. The molecule has 0 aliphatic heterocycles. The van der Waals surface area contributed by atoms with Crippen molar-refractivity contribution in [2.75, 3.05) is 6.61 Å². The average Bonchev–Trinajstić information content (AvgIpc) is 2.36. The first-order valence-corrected chi connectivity index (χ1v) is 5.11. The van der Waals surface area contributed by atoms with Gasteiger partial charge in [0.05, 0.1) is 6.61 Å². The quantitative estimate of drug-likeness (QED) is 0.615. The van der Waals surface area contributed by atoms with Crippen LogP contribution in [-0.4, -0.2) is 12.6 Å². The summed E-state index contributed by atoms with van der Waals surface area (Å²) in [6.07, 6.45) is 0. The lowest BCUT2D eigenvalue weighted by molar-refractivity contribution is 0.0531. The summed E-state index contributed by atoms with van der Waals surface area (Å²) in [4.78, 5) is 11.8. The van der Waals surface area contributed by atoms with Crippen molar-refractivity contribution in [3.63, 3.8) is 0 Å². The van der Waals surface area contributed by atoms with Crippen molar-refractivity contribution in [3.05, 3.63) is 19.9 Å². The molecule has 1 rings (SSSR count). The second kappa shape index (κ2) is 4.06. The molecule has 0 unspecified atom stereocenters. The zero-order valence-corrected chi connectivity index (χ0v) is 8.94. The smallest absolute Gasteiger partial charge is 0.349 e. The fourth-order valence-corrected chi connectivity index (χ4v) is 2.34. The average molecular weight is 282 g/mol. The summed E-state index contributed by atoms with van der Waals surface area (Å²) in [5.74, 6) is -0.216. The van der Waals surface area contributed by atoms with Gasteiger partial charge in [-0.25, -0.2) is 4.79 Å². The Morgan fingerprint density at radius 3 is 3.00 bits per heavy atom. The molecule has 1 aromatic heterocycles. The maximum Gasteiger partial charge on any atom is 0.349 e. The molecular formula is C7H7IO2S. The molecule has 0 aliphatic rings. The Labute approximate surface area is 82.7 Å². The molecule has 2 nitrogen and oxygen atoms in total. The van der Waals surface area contributed by atoms with Crippen molar-refractivity contribution >= 4 is 39.9 Å². The summed E-state index contributed by atoms with van der Waals surface area (Å²) in [6.45, 7) is 2.24. The molecule has 0 radical (unpaired) electrons. The van der Waals surface area contributed by atoms with E-state index in [2.05, 4.69) is 22.6 Å². The van der Waals surface area contributed by atoms with Gasteiger partial charge in [0, 0.05) is 3.57 Å². The van der Waals surface area contributed by atoms with Gasteiger partial charge >= 0.3 is 5.97 Å². The van der Waals surface area contributed by atoms with E-state index < -0.39 is 0 Å². The van der Waals surface area contributed by atoms with Crippen molar-refractivity contribution in [1.82, 2.24) is 0 Å². The molecule has 0 saturated carbocycles. The second-order valence-corrected chi connectivity index (χ2v) is 3.90. The number of esters is 1. The number of hydrogen-bond acceptors (Lipinski definition) is 3. The molecule has 0 amide bonds. The van der Waals surface area contributed by atoms with E-state index in [9.17, 15) is 4.79 Å². The van der Waals surface area contributed by atoms with Crippen LogP contribution in [0.25, 0.3) is 0 Å². The lowest BCUT2D eigenvalue weighted by atomic mass is 10.5. The van der Waals surface area contributed by atoms with Crippen molar-refractivity contribution in [1.29, 1.82) is 0 Å². The van der Waals surface area contributed by atoms with E-state index in [1.807, 2.05) is 11.4 Å². The summed E-state index contributed by atoms with van der Waals surface area (Å²) in [5.41, 5.74) is 0. The number of thiophene rings is 1. The number of carbonyl (C=O) groups is 1. The van der Waals surface area contributed by atoms with E-state index in [0.717, 1.165) is 3.57 Å². The first kappa shape index (κ1) is 8.99. The minimum Gasteiger partial charge on any atom is -0.462 e. The minimum absolute atomic E-state index is 0.216. The van der Waals surface area contributed by atoms with Crippen LogP contribution in [0.15, 0.2) is 11.4 Å². The van der Waals surface area contributed by atoms with Gasteiger partial charge in [0.1, 0.15) is 4.88 Å². The Bertz CT molecular complexity index is 257. The standard InChI is InChI=1S/C7H7IO2S/c1-2-10-7(9)6-5(8)3-4-11-6/h3-4H,2H2,1H3. The normalized spacial score (nSPS) is 9.64. The first-order valence-electron chi connectivity index (χ1n) is 3.15. The van der Waals surface area contributed by atoms with Crippen LogP contribution in [0.2, 0.25) is 0 Å². The predicted octanol–water partition coefficient (Wildman–Crippen LogP) is 2.53. The van der Waals surface area contributed by atoms with E-state index in [4.69, 9.17) is 4.74 Å². The highest BCUT2D eigenvalue weighted by Gasteiger charge is 2.11. The van der Waals surface area contributed by atoms with Crippen LogP contribution in [0.3, 0.4) is 0 Å². The lowest BCUT2D eigenvalue weighted by Crippen LogP contribution is -2.03. The molecule has 0 fully saturated rings. The molecule has 0 aromatic carbocycles. The molecular weight excluding hydrogens is 275 g/mol. The van der Waals surface area contributed by atoms with Crippen molar-refractivity contribution in [2.24, 2.45) is 0 Å². The Morgan fingerprint density at radius 2 is 2.55 bits per heavy atom. The van der Waals surface area contributed by atoms with Gasteiger partial charge in [0.15, 0.2) is 0 Å². The molecule has 0 N–H and O–H groups in total. The summed E-state index contributed by atoms with van der Waals surface area (Å²) < 4.78 is 5.80. The van der Waals surface area contributed by atoms with Crippen LogP contribution in [0.1, 0.15) is 16.6 Å². The Morgan fingerprint density at radius 1 is 1.82 bits per heavy atom. The summed E-state index contributed by atoms with van der Waals surface area (Å²) in [7, 11) is 0. The highest BCUT2D eigenvalue weighted by molar-refractivity contribution is 14.1. The van der Waals surface area contributed by atoms with Crippen LogP contribution in [0.4, 0.5) is 0 Å². The Balaban J connectivity index is 2.76. The topological polar surface area (TPSA) is 26.3 Å². The van der Waals surface area contributed by atoms with Crippen molar-refractivity contribution in [3.8, 4) is 0 Å². The van der Waals surface area contributed by atoms with E-state index in [1.165, 1.54) is 11.3 Å². The number of ether oxygens (including phenoxy) is 1. The molecule has 0 saturated heterocycles. The van der Waals surface area contributed by atoms with Gasteiger partial charge < -0.3 is 4.74 Å². The van der Waals surface area contributed by atoms with Crippen LogP contribution < -0.4 is 0 Å². The van der Waals surface area contributed by atoms with Gasteiger partial charge in [-0.05, 0) is 41.0 Å². The minimum atomic E-state index is -0.216. The fourth-order valence-electron chi connectivity index (χ4n) is 0.636. The predicted molar refractivity (Wildman–Crippen MR) is 53.0 cm³/mol. The molecule has 0 spiro atoms. The maximum absolute atomic E-state index is 11.1.